The predicted octanol–water partition coefficient (Wildman–Crippen LogP) is 2.80. The van der Waals surface area contributed by atoms with Crippen LogP contribution in [0, 0.1) is 11.3 Å². The summed E-state index contributed by atoms with van der Waals surface area (Å²) in [6.07, 6.45) is 2.95. The first kappa shape index (κ1) is 23.4. The maximum Gasteiger partial charge on any atom is 0.221 e. The van der Waals surface area contributed by atoms with Gasteiger partial charge in [0, 0.05) is 23.6 Å². The zero-order valence-corrected chi connectivity index (χ0v) is 18.6. The number of benzene rings is 1. The van der Waals surface area contributed by atoms with Crippen molar-refractivity contribution in [1.82, 2.24) is 15.0 Å². The molecule has 168 valence electrons. The fraction of sp³-hybridized carbons (Fsp3) is 0.208. The van der Waals surface area contributed by atoms with E-state index in [0.29, 0.717) is 45.2 Å². The molecular formula is C24H25N7O2. The number of aromatic nitrogens is 3. The number of nitrogen functional groups attached to an aromatic ring is 1. The maximum atomic E-state index is 10.2. The van der Waals surface area contributed by atoms with Gasteiger partial charge in [0.2, 0.25) is 5.95 Å². The smallest absolute Gasteiger partial charge is 0.221 e. The van der Waals surface area contributed by atoms with Crippen molar-refractivity contribution >= 4 is 17.7 Å². The number of hydrogen-bond donors (Lipinski definition) is 3. The minimum Gasteiger partial charge on any atom is -0.495 e. The van der Waals surface area contributed by atoms with E-state index in [0.717, 1.165) is 0 Å². The van der Waals surface area contributed by atoms with Crippen LogP contribution in [0.4, 0.5) is 5.95 Å². The van der Waals surface area contributed by atoms with E-state index < -0.39 is 5.60 Å². The van der Waals surface area contributed by atoms with Gasteiger partial charge in [-0.3, -0.25) is 9.98 Å². The van der Waals surface area contributed by atoms with Gasteiger partial charge in [-0.1, -0.05) is 12.1 Å². The number of rotatable bonds is 7. The fourth-order valence-corrected chi connectivity index (χ4v) is 3.14. The summed E-state index contributed by atoms with van der Waals surface area (Å²) in [6, 6.07) is 14.4. The SMILES string of the molecule is COc1c(C#N)cccc1-c1cc(C(C=NCc2cccc(C(C)(C)O)n2)=CN)nc(N)n1. The van der Waals surface area contributed by atoms with Gasteiger partial charge in [0.25, 0.3) is 0 Å². The van der Waals surface area contributed by atoms with Crippen molar-refractivity contribution in [3.63, 3.8) is 0 Å². The van der Waals surface area contributed by atoms with Crippen molar-refractivity contribution in [2.75, 3.05) is 12.8 Å². The number of anilines is 1. The molecule has 9 heteroatoms. The molecule has 0 bridgehead atoms. The first-order chi connectivity index (χ1) is 15.8. The van der Waals surface area contributed by atoms with Crippen LogP contribution >= 0.6 is 0 Å². The summed E-state index contributed by atoms with van der Waals surface area (Å²) >= 11 is 0. The van der Waals surface area contributed by atoms with Gasteiger partial charge in [0.1, 0.15) is 17.4 Å². The van der Waals surface area contributed by atoms with Crippen LogP contribution in [0.15, 0.2) is 53.7 Å². The van der Waals surface area contributed by atoms with E-state index in [1.807, 2.05) is 12.1 Å². The van der Waals surface area contributed by atoms with Crippen molar-refractivity contribution in [2.24, 2.45) is 10.7 Å². The molecule has 2 heterocycles. The highest BCUT2D eigenvalue weighted by Crippen LogP contribution is 2.32. The van der Waals surface area contributed by atoms with E-state index in [-0.39, 0.29) is 12.5 Å². The molecule has 0 unspecified atom stereocenters. The number of hydrogen-bond acceptors (Lipinski definition) is 9. The predicted molar refractivity (Wildman–Crippen MR) is 127 cm³/mol. The molecule has 9 nitrogen and oxygen atoms in total. The Labute approximate surface area is 192 Å². The standard InChI is InChI=1S/C24H25N7O2/c1-24(2,32)21-9-5-7-17(29-21)14-28-13-16(12-26)19-10-20(31-23(27)30-19)18-8-4-6-15(11-25)22(18)33-3/h4-10,12-13,32H,14,26H2,1-3H3,(H2,27,30,31). The molecular weight excluding hydrogens is 418 g/mol. The molecule has 33 heavy (non-hydrogen) atoms. The van der Waals surface area contributed by atoms with Crippen molar-refractivity contribution in [1.29, 1.82) is 5.26 Å². The molecule has 2 aromatic heterocycles. The topological polar surface area (TPSA) is 156 Å². The number of nitrogens with two attached hydrogens (primary N) is 2. The van der Waals surface area contributed by atoms with E-state index in [4.69, 9.17) is 16.2 Å². The van der Waals surface area contributed by atoms with E-state index in [1.54, 1.807) is 50.4 Å². The number of pyridine rings is 1. The van der Waals surface area contributed by atoms with Crippen LogP contribution in [-0.2, 0) is 12.1 Å². The molecule has 3 aromatic rings. The third-order valence-corrected chi connectivity index (χ3v) is 4.75. The van der Waals surface area contributed by atoms with Gasteiger partial charge in [-0.2, -0.15) is 5.26 Å². The highest BCUT2D eigenvalue weighted by atomic mass is 16.5. The Morgan fingerprint density at radius 2 is 1.97 bits per heavy atom. The number of ether oxygens (including phenoxy) is 1. The Balaban J connectivity index is 1.91. The summed E-state index contributed by atoms with van der Waals surface area (Å²) in [7, 11) is 1.49. The molecule has 0 amide bonds. The molecule has 1 aromatic carbocycles. The summed E-state index contributed by atoms with van der Waals surface area (Å²) in [5, 5.41) is 19.5. The zero-order chi connectivity index (χ0) is 24.0. The van der Waals surface area contributed by atoms with E-state index in [9.17, 15) is 10.4 Å². The first-order valence-corrected chi connectivity index (χ1v) is 10.1. The van der Waals surface area contributed by atoms with Gasteiger partial charge in [0.15, 0.2) is 0 Å². The lowest BCUT2D eigenvalue weighted by Gasteiger charge is -2.16. The number of aliphatic hydroxyl groups is 1. The number of nitriles is 1. The van der Waals surface area contributed by atoms with Crippen LogP contribution in [0.3, 0.4) is 0 Å². The van der Waals surface area contributed by atoms with Crippen LogP contribution in [0.25, 0.3) is 16.8 Å². The Morgan fingerprint density at radius 3 is 2.64 bits per heavy atom. The number of nitrogens with zero attached hydrogens (tertiary/aromatic N) is 5. The van der Waals surface area contributed by atoms with Gasteiger partial charge in [-0.15, -0.1) is 0 Å². The second-order valence-corrected chi connectivity index (χ2v) is 7.66. The van der Waals surface area contributed by atoms with Crippen molar-refractivity contribution in [3.05, 3.63) is 71.3 Å². The molecule has 0 fully saturated rings. The molecule has 0 aliphatic rings. The maximum absolute atomic E-state index is 10.2. The van der Waals surface area contributed by atoms with E-state index in [2.05, 4.69) is 26.0 Å². The number of methoxy groups -OCH3 is 1. The monoisotopic (exact) mass is 443 g/mol. The van der Waals surface area contributed by atoms with Crippen molar-refractivity contribution in [3.8, 4) is 23.1 Å². The Kier molecular flexibility index (Phi) is 7.00. The lowest BCUT2D eigenvalue weighted by Crippen LogP contribution is -2.17. The van der Waals surface area contributed by atoms with Gasteiger partial charge in [0.05, 0.1) is 42.0 Å². The van der Waals surface area contributed by atoms with Crippen molar-refractivity contribution in [2.45, 2.75) is 26.0 Å². The molecule has 0 aliphatic heterocycles. The molecule has 0 radical (unpaired) electrons. The number of aliphatic imine (C=N–C) groups is 1. The lowest BCUT2D eigenvalue weighted by molar-refractivity contribution is 0.0736. The molecule has 5 N–H and O–H groups in total. The second kappa shape index (κ2) is 9.89. The van der Waals surface area contributed by atoms with Crippen molar-refractivity contribution < 1.29 is 9.84 Å². The molecule has 0 spiro atoms. The van der Waals surface area contributed by atoms with Gasteiger partial charge in [-0.25, -0.2) is 9.97 Å². The Hall–Kier alpha value is -4.29. The number of para-hydroxylation sites is 1. The highest BCUT2D eigenvalue weighted by Gasteiger charge is 2.18. The average Bonchev–Trinajstić information content (AvgIpc) is 2.80. The van der Waals surface area contributed by atoms with Crippen LogP contribution in [0.1, 0.15) is 36.5 Å². The fourth-order valence-electron chi connectivity index (χ4n) is 3.14. The van der Waals surface area contributed by atoms with Gasteiger partial charge in [-0.05, 0) is 44.2 Å². The van der Waals surface area contributed by atoms with Gasteiger partial charge >= 0.3 is 0 Å². The molecule has 0 aliphatic carbocycles. The summed E-state index contributed by atoms with van der Waals surface area (Å²) < 4.78 is 5.42. The second-order valence-electron chi connectivity index (χ2n) is 7.66. The van der Waals surface area contributed by atoms with E-state index in [1.165, 1.54) is 13.3 Å². The summed E-state index contributed by atoms with van der Waals surface area (Å²) in [6.45, 7) is 3.64. The minimum atomic E-state index is -1.04. The highest BCUT2D eigenvalue weighted by molar-refractivity contribution is 6.09. The average molecular weight is 444 g/mol. The lowest BCUT2D eigenvalue weighted by atomic mass is 10.0. The minimum absolute atomic E-state index is 0.0409. The van der Waals surface area contributed by atoms with E-state index >= 15 is 0 Å². The number of allylic oxidation sites excluding steroid dienone is 1. The largest absolute Gasteiger partial charge is 0.495 e. The first-order valence-electron chi connectivity index (χ1n) is 10.1. The summed E-state index contributed by atoms with van der Waals surface area (Å²) in [5.74, 6) is 0.438. The van der Waals surface area contributed by atoms with Crippen LogP contribution in [0.5, 0.6) is 5.75 Å². The molecule has 0 saturated heterocycles. The third kappa shape index (κ3) is 5.50. The van der Waals surface area contributed by atoms with Crippen LogP contribution in [0.2, 0.25) is 0 Å². The zero-order valence-electron chi connectivity index (χ0n) is 18.6. The molecule has 0 saturated carbocycles. The van der Waals surface area contributed by atoms with Crippen LogP contribution < -0.4 is 16.2 Å². The Morgan fingerprint density at radius 1 is 1.21 bits per heavy atom. The molecule has 3 rings (SSSR count). The van der Waals surface area contributed by atoms with Crippen LogP contribution in [-0.4, -0.2) is 33.4 Å². The van der Waals surface area contributed by atoms with Gasteiger partial charge < -0.3 is 21.3 Å². The summed E-state index contributed by atoms with van der Waals surface area (Å²) in [5.41, 5.74) is 14.5. The molecule has 0 atom stereocenters. The normalized spacial score (nSPS) is 12.0. The summed E-state index contributed by atoms with van der Waals surface area (Å²) in [4.78, 5) is 17.4. The quantitative estimate of drug-likeness (QED) is 0.471. The Bertz CT molecular complexity index is 1250. The third-order valence-electron chi connectivity index (χ3n) is 4.75.